The van der Waals surface area contributed by atoms with E-state index in [0.717, 1.165) is 21.8 Å². The summed E-state index contributed by atoms with van der Waals surface area (Å²) in [7, 11) is 0. The first-order chi connectivity index (χ1) is 9.49. The van der Waals surface area contributed by atoms with Crippen LogP contribution in [0.2, 0.25) is 5.02 Å². The zero-order valence-corrected chi connectivity index (χ0v) is 12.7. The van der Waals surface area contributed by atoms with Crippen molar-refractivity contribution in [3.8, 4) is 11.1 Å². The second-order valence-corrected chi connectivity index (χ2v) is 6.78. The van der Waals surface area contributed by atoms with E-state index in [0.29, 0.717) is 11.7 Å². The molecular formula is C16H20ClN3. The number of benzene rings is 1. The van der Waals surface area contributed by atoms with Gasteiger partial charge >= 0.3 is 0 Å². The van der Waals surface area contributed by atoms with Crippen LogP contribution in [0.15, 0.2) is 24.3 Å². The lowest BCUT2D eigenvalue weighted by Crippen LogP contribution is -2.16. The summed E-state index contributed by atoms with van der Waals surface area (Å²) < 4.78 is 0. The van der Waals surface area contributed by atoms with Crippen molar-refractivity contribution in [2.75, 3.05) is 5.73 Å². The quantitative estimate of drug-likeness (QED) is 0.848. The normalized spacial score (nSPS) is 21.2. The molecule has 20 heavy (non-hydrogen) atoms. The third kappa shape index (κ3) is 2.20. The van der Waals surface area contributed by atoms with Crippen LogP contribution in [0.5, 0.6) is 0 Å². The van der Waals surface area contributed by atoms with Gasteiger partial charge in [0, 0.05) is 22.2 Å². The molecule has 3 rings (SSSR count). The van der Waals surface area contributed by atoms with Gasteiger partial charge in [-0.2, -0.15) is 5.10 Å². The summed E-state index contributed by atoms with van der Waals surface area (Å²) in [6.07, 6.45) is 3.68. The molecule has 1 aromatic carbocycles. The molecule has 1 fully saturated rings. The van der Waals surface area contributed by atoms with E-state index >= 15 is 0 Å². The van der Waals surface area contributed by atoms with Crippen molar-refractivity contribution < 1.29 is 0 Å². The predicted molar refractivity (Wildman–Crippen MR) is 83.8 cm³/mol. The third-order valence-corrected chi connectivity index (χ3v) is 4.78. The Hall–Kier alpha value is -1.48. The van der Waals surface area contributed by atoms with Gasteiger partial charge < -0.3 is 5.73 Å². The predicted octanol–water partition coefficient (Wildman–Crippen LogP) is 4.61. The van der Waals surface area contributed by atoms with Gasteiger partial charge in [-0.15, -0.1) is 0 Å². The van der Waals surface area contributed by atoms with Crippen LogP contribution in [0, 0.1) is 5.41 Å². The maximum absolute atomic E-state index is 6.11. The third-order valence-electron chi connectivity index (χ3n) is 4.54. The average Bonchev–Trinajstić information content (AvgIpc) is 2.91. The number of halogens is 1. The van der Waals surface area contributed by atoms with Crippen molar-refractivity contribution in [1.29, 1.82) is 0 Å². The Morgan fingerprint density at radius 3 is 2.85 bits per heavy atom. The fourth-order valence-corrected chi connectivity index (χ4v) is 3.62. The van der Waals surface area contributed by atoms with Crippen molar-refractivity contribution in [2.45, 2.75) is 39.0 Å². The summed E-state index contributed by atoms with van der Waals surface area (Å²) in [5.74, 6) is 1.03. The molecule has 0 saturated heterocycles. The van der Waals surface area contributed by atoms with Gasteiger partial charge in [0.05, 0.1) is 0 Å². The molecule has 1 saturated carbocycles. The Kier molecular flexibility index (Phi) is 3.25. The molecule has 1 aliphatic carbocycles. The molecule has 1 aromatic heterocycles. The van der Waals surface area contributed by atoms with E-state index in [1.165, 1.54) is 19.3 Å². The van der Waals surface area contributed by atoms with Crippen LogP contribution in [0.1, 0.15) is 44.7 Å². The molecule has 106 valence electrons. The maximum Gasteiger partial charge on any atom is 0.153 e. The lowest BCUT2D eigenvalue weighted by molar-refractivity contribution is 0.328. The average molecular weight is 290 g/mol. The van der Waals surface area contributed by atoms with Crippen LogP contribution in [-0.4, -0.2) is 10.2 Å². The van der Waals surface area contributed by atoms with Gasteiger partial charge in [0.15, 0.2) is 5.82 Å². The highest BCUT2D eigenvalue weighted by Gasteiger charge is 2.38. The molecule has 0 spiro atoms. The minimum Gasteiger partial charge on any atom is -0.382 e. The first-order valence-corrected chi connectivity index (χ1v) is 7.46. The number of nitrogen functional groups attached to an aromatic ring is 1. The largest absolute Gasteiger partial charge is 0.382 e. The van der Waals surface area contributed by atoms with Gasteiger partial charge in [0.25, 0.3) is 0 Å². The minimum absolute atomic E-state index is 0.284. The van der Waals surface area contributed by atoms with E-state index in [2.05, 4.69) is 24.0 Å². The molecule has 3 nitrogen and oxygen atoms in total. The highest BCUT2D eigenvalue weighted by molar-refractivity contribution is 6.30. The highest BCUT2D eigenvalue weighted by Crippen LogP contribution is 2.51. The summed E-state index contributed by atoms with van der Waals surface area (Å²) in [5, 5.41) is 8.14. The number of hydrogen-bond donors (Lipinski definition) is 2. The first-order valence-electron chi connectivity index (χ1n) is 7.09. The Morgan fingerprint density at radius 2 is 2.20 bits per heavy atom. The Labute approximate surface area is 124 Å². The standard InChI is InChI=1S/C16H20ClN3/c1-16(2)8-4-7-12(16)14-13(15(18)20-19-14)10-5-3-6-11(17)9-10/h3,5-6,9,12H,4,7-8H2,1-2H3,(H3,18,19,20). The van der Waals surface area contributed by atoms with E-state index in [9.17, 15) is 0 Å². The van der Waals surface area contributed by atoms with Gasteiger partial charge in [-0.05, 0) is 36.0 Å². The summed E-state index contributed by atoms with van der Waals surface area (Å²) in [6, 6.07) is 7.82. The van der Waals surface area contributed by atoms with Gasteiger partial charge in [-0.25, -0.2) is 0 Å². The summed E-state index contributed by atoms with van der Waals surface area (Å²) in [6.45, 7) is 4.65. The van der Waals surface area contributed by atoms with Crippen LogP contribution >= 0.6 is 11.6 Å². The number of aromatic amines is 1. The molecule has 1 heterocycles. The van der Waals surface area contributed by atoms with Gasteiger partial charge in [-0.3, -0.25) is 5.10 Å². The van der Waals surface area contributed by atoms with Crippen LogP contribution in [0.3, 0.4) is 0 Å². The monoisotopic (exact) mass is 289 g/mol. The van der Waals surface area contributed by atoms with Gasteiger partial charge in [-0.1, -0.05) is 44.0 Å². The van der Waals surface area contributed by atoms with E-state index < -0.39 is 0 Å². The van der Waals surface area contributed by atoms with Crippen LogP contribution in [0.25, 0.3) is 11.1 Å². The molecule has 1 atom stereocenters. The van der Waals surface area contributed by atoms with Crippen molar-refractivity contribution in [3.05, 3.63) is 35.0 Å². The molecule has 3 N–H and O–H groups in total. The summed E-state index contributed by atoms with van der Waals surface area (Å²) >= 11 is 6.11. The Bertz CT molecular complexity index is 630. The fourth-order valence-electron chi connectivity index (χ4n) is 3.43. The molecular weight excluding hydrogens is 270 g/mol. The topological polar surface area (TPSA) is 54.7 Å². The number of aromatic nitrogens is 2. The van der Waals surface area contributed by atoms with E-state index in [1.807, 2.05) is 24.3 Å². The lowest BCUT2D eigenvalue weighted by atomic mass is 9.78. The number of hydrogen-bond acceptors (Lipinski definition) is 2. The second-order valence-electron chi connectivity index (χ2n) is 6.34. The molecule has 1 unspecified atom stereocenters. The van der Waals surface area contributed by atoms with E-state index in [4.69, 9.17) is 17.3 Å². The molecule has 0 amide bonds. The van der Waals surface area contributed by atoms with Gasteiger partial charge in [0.2, 0.25) is 0 Å². The fraction of sp³-hybridized carbons (Fsp3) is 0.438. The highest BCUT2D eigenvalue weighted by atomic mass is 35.5. The molecule has 2 aromatic rings. The zero-order chi connectivity index (χ0) is 14.3. The molecule has 0 radical (unpaired) electrons. The molecule has 4 heteroatoms. The number of nitrogens with one attached hydrogen (secondary N) is 1. The number of H-pyrrole nitrogens is 1. The SMILES string of the molecule is CC1(C)CCCC1c1[nH]nc(N)c1-c1cccc(Cl)c1. The van der Waals surface area contributed by atoms with Crippen LogP contribution < -0.4 is 5.73 Å². The first kappa shape index (κ1) is 13.5. The molecule has 0 bridgehead atoms. The summed E-state index contributed by atoms with van der Waals surface area (Å²) in [4.78, 5) is 0. The van der Waals surface area contributed by atoms with Crippen molar-refractivity contribution in [3.63, 3.8) is 0 Å². The van der Waals surface area contributed by atoms with E-state index in [1.54, 1.807) is 0 Å². The Balaban J connectivity index is 2.11. The zero-order valence-electron chi connectivity index (χ0n) is 11.9. The number of nitrogens with two attached hydrogens (primary N) is 1. The van der Waals surface area contributed by atoms with Crippen molar-refractivity contribution in [1.82, 2.24) is 10.2 Å². The minimum atomic E-state index is 0.284. The van der Waals surface area contributed by atoms with Crippen LogP contribution in [0.4, 0.5) is 5.82 Å². The van der Waals surface area contributed by atoms with Crippen molar-refractivity contribution >= 4 is 17.4 Å². The molecule has 0 aliphatic heterocycles. The van der Waals surface area contributed by atoms with Crippen molar-refractivity contribution in [2.24, 2.45) is 5.41 Å². The molecule has 1 aliphatic rings. The Morgan fingerprint density at radius 1 is 1.40 bits per heavy atom. The summed E-state index contributed by atoms with van der Waals surface area (Å²) in [5.41, 5.74) is 9.60. The van der Waals surface area contributed by atoms with Crippen LogP contribution in [-0.2, 0) is 0 Å². The number of anilines is 1. The smallest absolute Gasteiger partial charge is 0.153 e. The second kappa shape index (κ2) is 4.81. The van der Waals surface area contributed by atoms with Gasteiger partial charge in [0.1, 0.15) is 0 Å². The number of rotatable bonds is 2. The maximum atomic E-state index is 6.11. The number of nitrogens with zero attached hydrogens (tertiary/aromatic N) is 1. The van der Waals surface area contributed by atoms with E-state index in [-0.39, 0.29) is 5.41 Å². The lowest BCUT2D eigenvalue weighted by Gasteiger charge is -2.27.